The molecule has 0 spiro atoms. The van der Waals surface area contributed by atoms with E-state index in [1.807, 2.05) is 0 Å². The summed E-state index contributed by atoms with van der Waals surface area (Å²) in [6.07, 6.45) is 0. The minimum Gasteiger partial charge on any atom is -0.193 e. The van der Waals surface area contributed by atoms with E-state index in [-0.39, 0.29) is 9.81 Å². The topological polar surface area (TPSA) is 77.5 Å². The van der Waals surface area contributed by atoms with Gasteiger partial charge in [0, 0.05) is 0 Å². The normalized spacial score (nSPS) is 12.5. The monoisotopic (exact) mass is 226 g/mol. The Balaban J connectivity index is 5.08. The highest BCUT2D eigenvalue weighted by atomic mass is 32.3. The number of hydrogen-bond donors (Lipinski definition) is 0. The van der Waals surface area contributed by atoms with E-state index in [0.717, 1.165) is 13.8 Å². The molecule has 7 heteroatoms. The summed E-state index contributed by atoms with van der Waals surface area (Å²) in [5.74, 6) is 0. The second kappa shape index (κ2) is 3.60. The molecular weight excluding hydrogens is 216 g/mol. The zero-order valence-corrected chi connectivity index (χ0v) is 8.90. The molecule has 0 aliphatic carbocycles. The lowest BCUT2D eigenvalue weighted by molar-refractivity contribution is 0.472. The third-order valence-corrected chi connectivity index (χ3v) is 4.17. The van der Waals surface area contributed by atoms with Gasteiger partial charge in [0.1, 0.15) is 0 Å². The summed E-state index contributed by atoms with van der Waals surface area (Å²) in [7, 11) is -8.49. The molecule has 0 unspecified atom stereocenters. The van der Waals surface area contributed by atoms with Gasteiger partial charge >= 0.3 is 20.2 Å². The van der Waals surface area contributed by atoms with Crippen LogP contribution in [0.5, 0.6) is 0 Å². The standard InChI is InChI=1S/C6H10O5S2/c1-5(2)12(7,8)11-13(9,10)6(3)4/h1,3H2,2,4H3. The van der Waals surface area contributed by atoms with Crippen molar-refractivity contribution in [3.63, 3.8) is 0 Å². The van der Waals surface area contributed by atoms with E-state index in [1.54, 1.807) is 0 Å². The predicted molar refractivity (Wildman–Crippen MR) is 48.6 cm³/mol. The van der Waals surface area contributed by atoms with Gasteiger partial charge in [0.05, 0.1) is 9.81 Å². The van der Waals surface area contributed by atoms with E-state index >= 15 is 0 Å². The third-order valence-electron chi connectivity index (χ3n) is 1.03. The minimum absolute atomic E-state index is 0.377. The van der Waals surface area contributed by atoms with Crippen LogP contribution >= 0.6 is 0 Å². The summed E-state index contributed by atoms with van der Waals surface area (Å²) >= 11 is 0. The van der Waals surface area contributed by atoms with Crippen molar-refractivity contribution >= 4 is 20.2 Å². The Morgan fingerprint density at radius 1 is 0.923 bits per heavy atom. The molecular formula is C6H10O5S2. The van der Waals surface area contributed by atoms with E-state index in [4.69, 9.17) is 0 Å². The van der Waals surface area contributed by atoms with Crippen molar-refractivity contribution in [3.05, 3.63) is 23.0 Å². The maximum absolute atomic E-state index is 10.9. The van der Waals surface area contributed by atoms with E-state index in [9.17, 15) is 16.8 Å². The van der Waals surface area contributed by atoms with Gasteiger partial charge < -0.3 is 0 Å². The lowest BCUT2D eigenvalue weighted by Gasteiger charge is -2.03. The van der Waals surface area contributed by atoms with Crippen LogP contribution in [0.25, 0.3) is 0 Å². The maximum Gasteiger partial charge on any atom is 0.306 e. The molecule has 0 N–H and O–H groups in total. The first-order valence-corrected chi connectivity index (χ1v) is 5.93. The molecule has 0 aromatic carbocycles. The fourth-order valence-electron chi connectivity index (χ4n) is 0.234. The van der Waals surface area contributed by atoms with Gasteiger partial charge in [-0.25, -0.2) is 0 Å². The highest BCUT2D eigenvalue weighted by Gasteiger charge is 2.23. The van der Waals surface area contributed by atoms with Crippen molar-refractivity contribution in [3.8, 4) is 0 Å². The summed E-state index contributed by atoms with van der Waals surface area (Å²) in [6, 6.07) is 0. The first-order valence-electron chi connectivity index (χ1n) is 3.12. The Hall–Kier alpha value is -0.660. The van der Waals surface area contributed by atoms with Gasteiger partial charge in [-0.15, -0.1) is 3.63 Å². The molecule has 13 heavy (non-hydrogen) atoms. The van der Waals surface area contributed by atoms with Crippen LogP contribution in [0.4, 0.5) is 0 Å². The minimum atomic E-state index is -4.24. The average molecular weight is 226 g/mol. The van der Waals surface area contributed by atoms with Crippen LogP contribution in [-0.2, 0) is 23.9 Å². The summed E-state index contributed by atoms with van der Waals surface area (Å²) < 4.78 is 47.5. The van der Waals surface area contributed by atoms with Crippen molar-refractivity contribution < 1.29 is 20.5 Å². The molecule has 0 heterocycles. The molecule has 0 fully saturated rings. The Morgan fingerprint density at radius 3 is 1.31 bits per heavy atom. The summed E-state index contributed by atoms with van der Waals surface area (Å²) in [6.45, 7) is 8.38. The van der Waals surface area contributed by atoms with E-state index in [2.05, 4.69) is 16.8 Å². The highest BCUT2D eigenvalue weighted by molar-refractivity contribution is 8.03. The van der Waals surface area contributed by atoms with Gasteiger partial charge in [-0.3, -0.25) is 0 Å². The SMILES string of the molecule is C=C(C)S(=O)(=O)OS(=O)(=O)C(=C)C. The number of allylic oxidation sites excluding steroid dienone is 2. The molecule has 0 aromatic rings. The Morgan fingerprint density at radius 2 is 1.15 bits per heavy atom. The molecule has 0 rings (SSSR count). The lowest BCUT2D eigenvalue weighted by atomic mass is 10.8. The number of rotatable bonds is 4. The van der Waals surface area contributed by atoms with Crippen LogP contribution < -0.4 is 0 Å². The summed E-state index contributed by atoms with van der Waals surface area (Å²) in [5, 5.41) is 0. The van der Waals surface area contributed by atoms with Gasteiger partial charge in [0.15, 0.2) is 0 Å². The summed E-state index contributed by atoms with van der Waals surface area (Å²) in [5.41, 5.74) is 0. The van der Waals surface area contributed by atoms with Crippen LogP contribution in [0, 0.1) is 0 Å². The van der Waals surface area contributed by atoms with Gasteiger partial charge in [-0.1, -0.05) is 13.2 Å². The molecule has 0 saturated heterocycles. The molecule has 0 atom stereocenters. The zero-order valence-electron chi connectivity index (χ0n) is 7.27. The van der Waals surface area contributed by atoms with Crippen LogP contribution in [0.3, 0.4) is 0 Å². The quantitative estimate of drug-likeness (QED) is 0.706. The van der Waals surface area contributed by atoms with Crippen LogP contribution in [-0.4, -0.2) is 16.8 Å². The highest BCUT2D eigenvalue weighted by Crippen LogP contribution is 2.14. The molecule has 0 aliphatic rings. The zero-order chi connectivity index (χ0) is 10.9. The molecule has 5 nitrogen and oxygen atoms in total. The van der Waals surface area contributed by atoms with E-state index in [1.165, 1.54) is 0 Å². The smallest absolute Gasteiger partial charge is 0.193 e. The average Bonchev–Trinajstić information content (AvgIpc) is 1.83. The molecule has 0 bridgehead atoms. The largest absolute Gasteiger partial charge is 0.306 e. The fourth-order valence-corrected chi connectivity index (χ4v) is 2.11. The summed E-state index contributed by atoms with van der Waals surface area (Å²) in [4.78, 5) is -0.755. The van der Waals surface area contributed by atoms with Crippen molar-refractivity contribution in [2.75, 3.05) is 0 Å². The molecule has 0 amide bonds. The lowest BCUT2D eigenvalue weighted by Crippen LogP contribution is -2.13. The third kappa shape index (κ3) is 3.29. The maximum atomic E-state index is 10.9. The first kappa shape index (κ1) is 12.3. The molecule has 0 aliphatic heterocycles. The van der Waals surface area contributed by atoms with Crippen molar-refractivity contribution in [1.29, 1.82) is 0 Å². The van der Waals surface area contributed by atoms with Crippen LogP contribution in [0.2, 0.25) is 0 Å². The Kier molecular flexibility index (Phi) is 3.42. The van der Waals surface area contributed by atoms with Crippen molar-refractivity contribution in [1.82, 2.24) is 0 Å². The van der Waals surface area contributed by atoms with Gasteiger partial charge in [-0.05, 0) is 13.8 Å². The molecule has 76 valence electrons. The van der Waals surface area contributed by atoms with Crippen molar-refractivity contribution in [2.24, 2.45) is 0 Å². The second-order valence-electron chi connectivity index (χ2n) is 2.38. The predicted octanol–water partition coefficient (Wildman–Crippen LogP) is 0.730. The Bertz CT molecular complexity index is 384. The molecule has 0 aromatic heterocycles. The van der Waals surface area contributed by atoms with E-state index in [0.29, 0.717) is 0 Å². The first-order chi connectivity index (χ1) is 5.59. The number of hydrogen-bond acceptors (Lipinski definition) is 5. The van der Waals surface area contributed by atoms with Crippen LogP contribution in [0.1, 0.15) is 13.8 Å². The van der Waals surface area contributed by atoms with E-state index < -0.39 is 20.2 Å². The van der Waals surface area contributed by atoms with Crippen molar-refractivity contribution in [2.45, 2.75) is 13.8 Å². The van der Waals surface area contributed by atoms with Gasteiger partial charge in [-0.2, -0.15) is 16.8 Å². The second-order valence-corrected chi connectivity index (χ2v) is 6.13. The fraction of sp³-hybridized carbons (Fsp3) is 0.333. The van der Waals surface area contributed by atoms with Gasteiger partial charge in [0.25, 0.3) is 0 Å². The Labute approximate surface area is 78.0 Å². The van der Waals surface area contributed by atoms with Crippen LogP contribution in [0.15, 0.2) is 23.0 Å². The molecule has 0 radical (unpaired) electrons. The molecule has 0 saturated carbocycles. The van der Waals surface area contributed by atoms with Gasteiger partial charge in [0.2, 0.25) is 0 Å².